The van der Waals surface area contributed by atoms with Crippen molar-refractivity contribution in [2.45, 2.75) is 26.3 Å². The number of benzene rings is 2. The molecule has 0 aromatic heterocycles. The van der Waals surface area contributed by atoms with E-state index in [1.807, 2.05) is 42.2 Å². The number of halogens is 2. The number of carbonyl (C=O) groups excluding carboxylic acids is 3. The first-order valence-electron chi connectivity index (χ1n) is 12.8. The van der Waals surface area contributed by atoms with Gasteiger partial charge in [0.25, 0.3) is 5.91 Å². The monoisotopic (exact) mass is 558 g/mol. The maximum Gasteiger partial charge on any atom is 0.338 e. The lowest BCUT2D eigenvalue weighted by Gasteiger charge is -2.38. The highest BCUT2D eigenvalue weighted by atomic mass is 35.5. The van der Waals surface area contributed by atoms with Crippen LogP contribution in [0.25, 0.3) is 0 Å². The minimum absolute atomic E-state index is 0.00164. The molecule has 38 heavy (non-hydrogen) atoms. The molecule has 202 valence electrons. The quantitative estimate of drug-likeness (QED) is 0.496. The number of nitrogens with zero attached hydrogens (tertiary/aromatic N) is 3. The number of hydrogen-bond acceptors (Lipinski definition) is 5. The molecule has 4 rings (SSSR count). The molecule has 0 aliphatic carbocycles. The lowest BCUT2D eigenvalue weighted by molar-refractivity contribution is -0.139. The van der Waals surface area contributed by atoms with E-state index in [2.05, 4.69) is 10.2 Å². The number of urea groups is 1. The van der Waals surface area contributed by atoms with Crippen LogP contribution in [0.2, 0.25) is 10.0 Å². The van der Waals surface area contributed by atoms with Gasteiger partial charge in [-0.1, -0.05) is 53.5 Å². The van der Waals surface area contributed by atoms with Gasteiger partial charge in [0.1, 0.15) is 0 Å². The predicted molar refractivity (Wildman–Crippen MR) is 147 cm³/mol. The first-order valence-corrected chi connectivity index (χ1v) is 13.6. The van der Waals surface area contributed by atoms with Crippen molar-refractivity contribution in [1.82, 2.24) is 20.0 Å². The standard InChI is InChI=1S/C28H32Cl2N4O4/c1-3-34-22(18-32-14-9-15-33(17-16-32)26(35)19-10-6-5-7-11-19)23(27(36)38-4-2)25(31-28(34)37)20-12-8-13-21(29)24(20)30/h5-8,10-13,25H,3-4,9,14-18H2,1-2H3,(H,31,37). The zero-order valence-electron chi connectivity index (χ0n) is 21.6. The molecular weight excluding hydrogens is 527 g/mol. The lowest BCUT2D eigenvalue weighted by Crippen LogP contribution is -2.51. The van der Waals surface area contributed by atoms with Crippen LogP contribution in [0.5, 0.6) is 0 Å². The van der Waals surface area contributed by atoms with Gasteiger partial charge in [-0.05, 0) is 44.0 Å². The summed E-state index contributed by atoms with van der Waals surface area (Å²) < 4.78 is 5.45. The van der Waals surface area contributed by atoms with Gasteiger partial charge in [-0.15, -0.1) is 0 Å². The molecule has 2 aromatic rings. The van der Waals surface area contributed by atoms with E-state index in [-0.39, 0.29) is 23.6 Å². The molecule has 0 spiro atoms. The molecule has 1 unspecified atom stereocenters. The molecule has 2 aromatic carbocycles. The summed E-state index contributed by atoms with van der Waals surface area (Å²) in [7, 11) is 0. The molecule has 0 bridgehead atoms. The second-order valence-corrected chi connectivity index (χ2v) is 9.92. The van der Waals surface area contributed by atoms with Gasteiger partial charge in [-0.25, -0.2) is 9.59 Å². The molecule has 0 saturated carbocycles. The van der Waals surface area contributed by atoms with Crippen LogP contribution < -0.4 is 5.32 Å². The molecule has 2 aliphatic rings. The van der Waals surface area contributed by atoms with E-state index in [1.54, 1.807) is 30.0 Å². The van der Waals surface area contributed by atoms with Crippen molar-refractivity contribution in [3.05, 3.63) is 81.0 Å². The summed E-state index contributed by atoms with van der Waals surface area (Å²) in [6, 6.07) is 13.2. The topological polar surface area (TPSA) is 82.2 Å². The van der Waals surface area contributed by atoms with Gasteiger partial charge >= 0.3 is 12.0 Å². The molecule has 1 saturated heterocycles. The van der Waals surface area contributed by atoms with Crippen LogP contribution in [-0.4, -0.2) is 78.5 Å². The van der Waals surface area contributed by atoms with Crippen LogP contribution in [0.3, 0.4) is 0 Å². The van der Waals surface area contributed by atoms with Gasteiger partial charge < -0.3 is 15.0 Å². The van der Waals surface area contributed by atoms with E-state index < -0.39 is 12.0 Å². The van der Waals surface area contributed by atoms with Gasteiger partial charge in [0.15, 0.2) is 0 Å². The molecule has 8 nitrogen and oxygen atoms in total. The zero-order chi connectivity index (χ0) is 27.2. The molecule has 0 radical (unpaired) electrons. The lowest BCUT2D eigenvalue weighted by atomic mass is 9.94. The van der Waals surface area contributed by atoms with Crippen molar-refractivity contribution in [2.24, 2.45) is 0 Å². The van der Waals surface area contributed by atoms with E-state index >= 15 is 0 Å². The van der Waals surface area contributed by atoms with Crippen molar-refractivity contribution in [3.8, 4) is 0 Å². The van der Waals surface area contributed by atoms with E-state index in [1.165, 1.54) is 0 Å². The number of hydrogen-bond donors (Lipinski definition) is 1. The third-order valence-corrected chi connectivity index (χ3v) is 7.65. The van der Waals surface area contributed by atoms with Crippen LogP contribution >= 0.6 is 23.2 Å². The molecule has 1 fully saturated rings. The number of rotatable bonds is 7. The molecule has 1 atom stereocenters. The number of nitrogens with one attached hydrogen (secondary N) is 1. The summed E-state index contributed by atoms with van der Waals surface area (Å²) in [5.74, 6) is -0.514. The van der Waals surface area contributed by atoms with Crippen LogP contribution in [0, 0.1) is 0 Å². The highest BCUT2D eigenvalue weighted by Crippen LogP contribution is 2.38. The summed E-state index contributed by atoms with van der Waals surface area (Å²) in [6.07, 6.45) is 0.766. The number of carbonyl (C=O) groups is 3. The van der Waals surface area contributed by atoms with Crippen molar-refractivity contribution in [1.29, 1.82) is 0 Å². The third-order valence-electron chi connectivity index (χ3n) is 6.81. The van der Waals surface area contributed by atoms with Crippen molar-refractivity contribution < 1.29 is 19.1 Å². The number of amides is 3. The summed E-state index contributed by atoms with van der Waals surface area (Å²) >= 11 is 12.8. The highest BCUT2D eigenvalue weighted by Gasteiger charge is 2.39. The molecule has 2 heterocycles. The van der Waals surface area contributed by atoms with Crippen molar-refractivity contribution in [3.63, 3.8) is 0 Å². The Kier molecular flexibility index (Phi) is 9.31. The summed E-state index contributed by atoms with van der Waals surface area (Å²) in [4.78, 5) is 45.2. The minimum atomic E-state index is -0.811. The smallest absolute Gasteiger partial charge is 0.338 e. The Morgan fingerprint density at radius 1 is 1.00 bits per heavy atom. The Labute approximate surface area is 233 Å². The summed E-state index contributed by atoms with van der Waals surface area (Å²) in [5, 5.41) is 3.53. The van der Waals surface area contributed by atoms with Crippen molar-refractivity contribution >= 4 is 41.1 Å². The Morgan fingerprint density at radius 3 is 2.47 bits per heavy atom. The van der Waals surface area contributed by atoms with E-state index in [0.717, 1.165) is 6.42 Å². The first-order chi connectivity index (χ1) is 18.3. The number of esters is 1. The van der Waals surface area contributed by atoms with Crippen LogP contribution in [-0.2, 0) is 9.53 Å². The fourth-order valence-corrected chi connectivity index (χ4v) is 5.36. The molecular formula is C28H32Cl2N4O4. The largest absolute Gasteiger partial charge is 0.463 e. The predicted octanol–water partition coefficient (Wildman–Crippen LogP) is 4.74. The SMILES string of the molecule is CCOC(=O)C1=C(CN2CCCN(C(=O)c3ccccc3)CC2)N(CC)C(=O)NC1c1cccc(Cl)c1Cl. The van der Waals surface area contributed by atoms with Gasteiger partial charge in [-0.2, -0.15) is 0 Å². The zero-order valence-corrected chi connectivity index (χ0v) is 23.1. The van der Waals surface area contributed by atoms with Gasteiger partial charge in [0, 0.05) is 50.5 Å². The van der Waals surface area contributed by atoms with Gasteiger partial charge in [0.05, 0.1) is 28.3 Å². The maximum absolute atomic E-state index is 13.4. The van der Waals surface area contributed by atoms with Crippen LogP contribution in [0.4, 0.5) is 4.79 Å². The van der Waals surface area contributed by atoms with E-state index in [4.69, 9.17) is 27.9 Å². The normalized spacial score (nSPS) is 18.7. The Hall–Kier alpha value is -3.07. The average molecular weight is 559 g/mol. The molecule has 2 aliphatic heterocycles. The van der Waals surface area contributed by atoms with Crippen LogP contribution in [0.15, 0.2) is 59.8 Å². The Balaban J connectivity index is 1.66. The Bertz CT molecular complexity index is 1220. The summed E-state index contributed by atoms with van der Waals surface area (Å²) in [6.45, 7) is 6.98. The highest BCUT2D eigenvalue weighted by molar-refractivity contribution is 6.42. The first kappa shape index (κ1) is 28.0. The van der Waals surface area contributed by atoms with Crippen LogP contribution in [0.1, 0.15) is 42.2 Å². The fourth-order valence-electron chi connectivity index (χ4n) is 4.94. The molecule has 10 heteroatoms. The average Bonchev–Trinajstić information content (AvgIpc) is 3.16. The van der Waals surface area contributed by atoms with E-state index in [0.29, 0.717) is 66.7 Å². The maximum atomic E-state index is 13.4. The minimum Gasteiger partial charge on any atom is -0.463 e. The number of ether oxygens (including phenoxy) is 1. The molecule has 1 N–H and O–H groups in total. The van der Waals surface area contributed by atoms with E-state index in [9.17, 15) is 14.4 Å². The summed E-state index contributed by atoms with van der Waals surface area (Å²) in [5.41, 5.74) is 2.09. The second kappa shape index (κ2) is 12.7. The van der Waals surface area contributed by atoms with Gasteiger partial charge in [-0.3, -0.25) is 14.6 Å². The third kappa shape index (κ3) is 5.98. The van der Waals surface area contributed by atoms with Gasteiger partial charge in [0.2, 0.25) is 0 Å². The molecule has 3 amide bonds. The number of likely N-dealkylation sites (N-methyl/N-ethyl adjacent to an activating group) is 1. The van der Waals surface area contributed by atoms with Crippen molar-refractivity contribution in [2.75, 3.05) is 45.9 Å². The second-order valence-electron chi connectivity index (χ2n) is 9.14. The Morgan fingerprint density at radius 2 is 1.76 bits per heavy atom. The fraction of sp³-hybridized carbons (Fsp3) is 0.393.